The summed E-state index contributed by atoms with van der Waals surface area (Å²) in [7, 11) is 0. The lowest BCUT2D eigenvalue weighted by molar-refractivity contribution is -0.139. The molecular formula is C34H39N7O7S. The maximum Gasteiger partial charge on any atom is 0.413 e. The van der Waals surface area contributed by atoms with Crippen molar-refractivity contribution in [2.24, 2.45) is 17.2 Å². The molecular weight excluding hydrogens is 650 g/mol. The summed E-state index contributed by atoms with van der Waals surface area (Å²) in [5.41, 5.74) is 19.4. The number of hydrogen-bond acceptors (Lipinski definition) is 10. The van der Waals surface area contributed by atoms with Crippen molar-refractivity contribution in [1.29, 1.82) is 0 Å². The third kappa shape index (κ3) is 10.9. The first-order valence-electron chi connectivity index (χ1n) is 15.5. The molecule has 3 aromatic carbocycles. The molecule has 1 aliphatic heterocycles. The summed E-state index contributed by atoms with van der Waals surface area (Å²) in [5, 5.41) is 6.96. The van der Waals surface area contributed by atoms with Gasteiger partial charge in [-0.15, -0.1) is 11.8 Å². The van der Waals surface area contributed by atoms with Gasteiger partial charge in [0.15, 0.2) is 0 Å². The second-order valence-corrected chi connectivity index (χ2v) is 12.5. The summed E-state index contributed by atoms with van der Waals surface area (Å²) in [6, 6.07) is 21.2. The second kappa shape index (κ2) is 17.8. The molecule has 14 nitrogen and oxygen atoms in total. The van der Waals surface area contributed by atoms with Gasteiger partial charge >= 0.3 is 6.09 Å². The molecule has 0 saturated carbocycles. The van der Waals surface area contributed by atoms with E-state index in [4.69, 9.17) is 21.9 Å². The van der Waals surface area contributed by atoms with Gasteiger partial charge in [-0.3, -0.25) is 28.9 Å². The van der Waals surface area contributed by atoms with Crippen molar-refractivity contribution in [2.45, 2.75) is 49.2 Å². The number of primary amides is 1. The first kappa shape index (κ1) is 36.6. The van der Waals surface area contributed by atoms with Crippen LogP contribution in [0.3, 0.4) is 0 Å². The highest BCUT2D eigenvalue weighted by Gasteiger charge is 2.39. The van der Waals surface area contributed by atoms with Gasteiger partial charge in [0, 0.05) is 17.9 Å². The number of nitrogens with zero attached hydrogens (tertiary/aromatic N) is 1. The number of carbonyl (C=O) groups is 6. The summed E-state index contributed by atoms with van der Waals surface area (Å²) in [5.74, 6) is -2.56. The van der Waals surface area contributed by atoms with E-state index in [2.05, 4.69) is 16.0 Å². The number of rotatable bonds is 16. The van der Waals surface area contributed by atoms with Gasteiger partial charge in [-0.2, -0.15) is 0 Å². The van der Waals surface area contributed by atoms with Gasteiger partial charge in [-0.05, 0) is 54.8 Å². The van der Waals surface area contributed by atoms with Crippen molar-refractivity contribution in [3.63, 3.8) is 0 Å². The number of para-hydroxylation sites is 1. The normalized spacial score (nSPS) is 16.0. The van der Waals surface area contributed by atoms with Gasteiger partial charge in [0.25, 0.3) is 0 Å². The number of hydrogen-bond donors (Lipinski definition) is 6. The van der Waals surface area contributed by atoms with Crippen LogP contribution in [0.15, 0.2) is 84.9 Å². The molecule has 0 bridgehead atoms. The highest BCUT2D eigenvalue weighted by molar-refractivity contribution is 8.00. The molecule has 0 aromatic heterocycles. The molecule has 1 fully saturated rings. The predicted octanol–water partition coefficient (Wildman–Crippen LogP) is 1.03. The van der Waals surface area contributed by atoms with E-state index < -0.39 is 41.3 Å². The Morgan fingerprint density at radius 1 is 0.857 bits per heavy atom. The number of nitrogens with one attached hydrogen (secondary N) is 3. The number of ether oxygens (including phenoxy) is 1. The maximum absolute atomic E-state index is 13.1. The Hall–Kier alpha value is -5.25. The molecule has 1 heterocycles. The zero-order valence-electron chi connectivity index (χ0n) is 26.6. The Balaban J connectivity index is 1.26. The van der Waals surface area contributed by atoms with Gasteiger partial charge in [0.05, 0.1) is 17.8 Å². The Morgan fingerprint density at radius 3 is 2.14 bits per heavy atom. The number of thioether (sulfide) groups is 1. The Morgan fingerprint density at radius 2 is 1.51 bits per heavy atom. The fourth-order valence-corrected chi connectivity index (χ4v) is 6.11. The molecule has 1 aliphatic rings. The third-order valence-corrected chi connectivity index (χ3v) is 8.84. The van der Waals surface area contributed by atoms with Crippen molar-refractivity contribution in [3.05, 3.63) is 96.1 Å². The van der Waals surface area contributed by atoms with Crippen LogP contribution >= 0.6 is 11.8 Å². The minimum atomic E-state index is -1.20. The Bertz CT molecular complexity index is 1630. The van der Waals surface area contributed by atoms with Crippen LogP contribution in [0.4, 0.5) is 10.5 Å². The standard InChI is InChI=1S/C34H39N7O7S/c35-16-15-26(40-34(47)48-24-13-11-21(12-14-24)17-25(36)31(44)38-23-9-5-2-6-10-23)32(45)39-27(30(37)43)20-49-28-18-29(42)41(33(28)46)19-22-7-3-1-4-8-22/h1-14,25-28H,15-20,35-36H2,(H2,37,43)(H,38,44)(H,39,45)(H,40,47). The molecule has 4 unspecified atom stereocenters. The van der Waals surface area contributed by atoms with E-state index in [9.17, 15) is 28.8 Å². The Labute approximate surface area is 287 Å². The third-order valence-electron chi connectivity index (χ3n) is 7.54. The van der Waals surface area contributed by atoms with E-state index >= 15 is 0 Å². The number of nitrogens with two attached hydrogens (primary N) is 3. The number of likely N-dealkylation sites (tertiary alicyclic amines) is 1. The SMILES string of the molecule is NCCC(NC(=O)Oc1ccc(CC(N)C(=O)Nc2ccccc2)cc1)C(=O)NC(CSC1CC(=O)N(Cc2ccccc2)C1=O)C(N)=O. The molecule has 0 aliphatic carbocycles. The van der Waals surface area contributed by atoms with Gasteiger partial charge in [0.1, 0.15) is 17.8 Å². The minimum absolute atomic E-state index is 0.0193. The van der Waals surface area contributed by atoms with Crippen LogP contribution in [-0.4, -0.2) is 76.2 Å². The second-order valence-electron chi connectivity index (χ2n) is 11.3. The van der Waals surface area contributed by atoms with Crippen molar-refractivity contribution < 1.29 is 33.5 Å². The lowest BCUT2D eigenvalue weighted by atomic mass is 10.1. The van der Waals surface area contributed by atoms with Crippen LogP contribution in [0.1, 0.15) is 24.0 Å². The molecule has 1 saturated heterocycles. The van der Waals surface area contributed by atoms with Crippen molar-refractivity contribution >= 4 is 53.1 Å². The average molecular weight is 690 g/mol. The van der Waals surface area contributed by atoms with Crippen LogP contribution in [0.2, 0.25) is 0 Å². The largest absolute Gasteiger partial charge is 0.413 e. The predicted molar refractivity (Wildman–Crippen MR) is 184 cm³/mol. The molecule has 6 amide bonds. The molecule has 4 atom stereocenters. The zero-order chi connectivity index (χ0) is 35.3. The summed E-state index contributed by atoms with van der Waals surface area (Å²) >= 11 is 1.04. The van der Waals surface area contributed by atoms with Crippen LogP contribution < -0.4 is 37.9 Å². The molecule has 3 aromatic rings. The first-order valence-corrected chi connectivity index (χ1v) is 16.6. The summed E-state index contributed by atoms with van der Waals surface area (Å²) in [4.78, 5) is 77.0. The zero-order valence-corrected chi connectivity index (χ0v) is 27.4. The molecule has 0 radical (unpaired) electrons. The molecule has 0 spiro atoms. The van der Waals surface area contributed by atoms with E-state index in [1.807, 2.05) is 36.4 Å². The number of carbonyl (C=O) groups excluding carboxylic acids is 6. The molecule has 49 heavy (non-hydrogen) atoms. The summed E-state index contributed by atoms with van der Waals surface area (Å²) in [6.07, 6.45) is -0.735. The van der Waals surface area contributed by atoms with Crippen molar-refractivity contribution in [2.75, 3.05) is 17.6 Å². The maximum atomic E-state index is 13.1. The fourth-order valence-electron chi connectivity index (χ4n) is 4.91. The number of imide groups is 1. The summed E-state index contributed by atoms with van der Waals surface area (Å²) < 4.78 is 5.32. The van der Waals surface area contributed by atoms with Gasteiger partial charge in [-0.1, -0.05) is 60.7 Å². The fraction of sp³-hybridized carbons (Fsp3) is 0.294. The highest BCUT2D eigenvalue weighted by Crippen LogP contribution is 2.27. The van der Waals surface area contributed by atoms with Crippen LogP contribution in [-0.2, 0) is 36.9 Å². The lowest BCUT2D eigenvalue weighted by Crippen LogP contribution is -2.54. The van der Waals surface area contributed by atoms with E-state index in [-0.39, 0.29) is 61.6 Å². The van der Waals surface area contributed by atoms with Crippen LogP contribution in [0.25, 0.3) is 0 Å². The number of benzene rings is 3. The van der Waals surface area contributed by atoms with Crippen LogP contribution in [0.5, 0.6) is 5.75 Å². The van der Waals surface area contributed by atoms with Gasteiger partial charge in [-0.25, -0.2) is 4.79 Å². The number of anilines is 1. The quantitative estimate of drug-likeness (QED) is 0.117. The smallest absolute Gasteiger partial charge is 0.410 e. The van der Waals surface area contributed by atoms with Gasteiger partial charge in [0.2, 0.25) is 29.5 Å². The Kier molecular flexibility index (Phi) is 13.3. The van der Waals surface area contributed by atoms with Crippen molar-refractivity contribution in [3.8, 4) is 5.75 Å². The topological polar surface area (TPSA) is 229 Å². The molecule has 258 valence electrons. The van der Waals surface area contributed by atoms with Crippen LogP contribution in [0, 0.1) is 0 Å². The summed E-state index contributed by atoms with van der Waals surface area (Å²) in [6.45, 7) is 0.164. The lowest BCUT2D eigenvalue weighted by Gasteiger charge is -2.22. The van der Waals surface area contributed by atoms with E-state index in [0.717, 1.165) is 22.9 Å². The number of amides is 6. The van der Waals surface area contributed by atoms with Crippen molar-refractivity contribution in [1.82, 2.24) is 15.5 Å². The van der Waals surface area contributed by atoms with E-state index in [1.165, 1.54) is 17.0 Å². The average Bonchev–Trinajstić information content (AvgIpc) is 3.35. The molecule has 4 rings (SSSR count). The molecule has 9 N–H and O–H groups in total. The first-order chi connectivity index (χ1) is 23.5. The van der Waals surface area contributed by atoms with E-state index in [1.54, 1.807) is 36.4 Å². The highest BCUT2D eigenvalue weighted by atomic mass is 32.2. The monoisotopic (exact) mass is 689 g/mol. The van der Waals surface area contributed by atoms with Gasteiger partial charge < -0.3 is 37.9 Å². The molecule has 15 heteroatoms. The van der Waals surface area contributed by atoms with E-state index in [0.29, 0.717) is 5.69 Å². The minimum Gasteiger partial charge on any atom is -0.410 e.